The van der Waals surface area contributed by atoms with Gasteiger partial charge in [0.25, 0.3) is 0 Å². The maximum absolute atomic E-state index is 11.1. The summed E-state index contributed by atoms with van der Waals surface area (Å²) in [5, 5.41) is 22.1. The van der Waals surface area contributed by atoms with Gasteiger partial charge in [-0.3, -0.25) is 0 Å². The van der Waals surface area contributed by atoms with E-state index in [1.165, 1.54) is 33.4 Å². The highest BCUT2D eigenvalue weighted by Gasteiger charge is 2.60. The molecule has 0 aromatic rings. The van der Waals surface area contributed by atoms with Gasteiger partial charge in [-0.2, -0.15) is 0 Å². The topological polar surface area (TPSA) is 49.7 Å². The smallest absolute Gasteiger partial charge is 0.0951 e. The first-order valence-corrected chi connectivity index (χ1v) is 17.3. The van der Waals surface area contributed by atoms with E-state index < -0.39 is 23.4 Å². The Hall–Kier alpha value is -1.68. The zero-order chi connectivity index (χ0) is 31.9. The molecule has 0 aromatic heterocycles. The van der Waals surface area contributed by atoms with Crippen molar-refractivity contribution < 1.29 is 14.9 Å². The number of hydrogen-bond donors (Lipinski definition) is 2. The molecule has 0 aromatic carbocycles. The standard InChI is InChI=1S/C40H66O3/c1-31(2)15-9-17-33(5)19-11-21-35(7)23-13-25-37(41)39(27-28-39)43-40(29-30-40)38(42)26-14-24-36(8)22-12-20-34(6)18-10-16-32(3)4/h15-16,19-20,23-24,37-38,41-42H,9-14,17-18,21-22,25-30H2,1-8H3. The summed E-state index contributed by atoms with van der Waals surface area (Å²) in [7, 11) is 0. The molecule has 2 saturated carbocycles. The summed E-state index contributed by atoms with van der Waals surface area (Å²) in [6, 6.07) is 0. The van der Waals surface area contributed by atoms with Crippen LogP contribution in [0.25, 0.3) is 0 Å². The number of hydrogen-bond acceptors (Lipinski definition) is 3. The predicted octanol–water partition coefficient (Wildman–Crippen LogP) is 11.2. The van der Waals surface area contributed by atoms with Crippen LogP contribution in [0.3, 0.4) is 0 Å². The van der Waals surface area contributed by atoms with E-state index in [1.54, 1.807) is 0 Å². The minimum atomic E-state index is -0.459. The monoisotopic (exact) mass is 595 g/mol. The Morgan fingerprint density at radius 2 is 0.767 bits per heavy atom. The molecule has 2 fully saturated rings. The summed E-state index contributed by atoms with van der Waals surface area (Å²) < 4.78 is 6.60. The van der Waals surface area contributed by atoms with Crippen LogP contribution in [0.5, 0.6) is 0 Å². The largest absolute Gasteiger partial charge is 0.390 e. The quantitative estimate of drug-likeness (QED) is 0.123. The fourth-order valence-corrected chi connectivity index (χ4v) is 5.84. The number of aliphatic hydroxyl groups is 2. The van der Waals surface area contributed by atoms with Crippen molar-refractivity contribution in [3.05, 3.63) is 69.9 Å². The van der Waals surface area contributed by atoms with Crippen LogP contribution in [0.4, 0.5) is 0 Å². The fourth-order valence-electron chi connectivity index (χ4n) is 5.84. The van der Waals surface area contributed by atoms with Crippen molar-refractivity contribution in [2.45, 2.75) is 182 Å². The lowest BCUT2D eigenvalue weighted by atomic mass is 10.0. The number of allylic oxidation sites excluding steroid dienone is 12. The number of ether oxygens (including phenoxy) is 1. The zero-order valence-electron chi connectivity index (χ0n) is 29.2. The summed E-state index contributed by atoms with van der Waals surface area (Å²) in [4.78, 5) is 0. The van der Waals surface area contributed by atoms with E-state index in [-0.39, 0.29) is 0 Å². The highest BCUT2D eigenvalue weighted by Crippen LogP contribution is 2.55. The van der Waals surface area contributed by atoms with E-state index in [4.69, 9.17) is 4.74 Å². The summed E-state index contributed by atoms with van der Waals surface area (Å²) in [5.74, 6) is 0. The van der Waals surface area contributed by atoms with E-state index in [2.05, 4.69) is 91.8 Å². The van der Waals surface area contributed by atoms with Crippen molar-refractivity contribution in [2.24, 2.45) is 0 Å². The van der Waals surface area contributed by atoms with Crippen LogP contribution in [0.2, 0.25) is 0 Å². The highest BCUT2D eigenvalue weighted by atomic mass is 16.6. The average Bonchev–Trinajstić information content (AvgIpc) is 3.86. The average molecular weight is 595 g/mol. The van der Waals surface area contributed by atoms with Gasteiger partial charge in [0.2, 0.25) is 0 Å². The maximum atomic E-state index is 11.1. The first-order valence-electron chi connectivity index (χ1n) is 17.3. The minimum absolute atomic E-state index is 0.439. The van der Waals surface area contributed by atoms with Gasteiger partial charge in [0.1, 0.15) is 0 Å². The molecule has 43 heavy (non-hydrogen) atoms. The minimum Gasteiger partial charge on any atom is -0.390 e. The van der Waals surface area contributed by atoms with Crippen molar-refractivity contribution in [2.75, 3.05) is 0 Å². The molecule has 0 aliphatic heterocycles. The molecule has 0 amide bonds. The molecular weight excluding hydrogens is 528 g/mol. The molecule has 2 rings (SSSR count). The molecule has 3 heteroatoms. The predicted molar refractivity (Wildman–Crippen MR) is 186 cm³/mol. The Labute approximate surface area is 266 Å². The van der Waals surface area contributed by atoms with Crippen molar-refractivity contribution in [1.29, 1.82) is 0 Å². The van der Waals surface area contributed by atoms with Crippen LogP contribution < -0.4 is 0 Å². The van der Waals surface area contributed by atoms with Gasteiger partial charge in [-0.25, -0.2) is 0 Å². The normalized spacial score (nSPS) is 19.6. The third-order valence-electron chi connectivity index (χ3n) is 9.22. The summed E-state index contributed by atoms with van der Waals surface area (Å²) in [6.45, 7) is 17.5. The second-order valence-corrected chi connectivity index (χ2v) is 14.3. The molecule has 2 unspecified atom stereocenters. The van der Waals surface area contributed by atoms with Crippen molar-refractivity contribution in [3.8, 4) is 0 Å². The van der Waals surface area contributed by atoms with E-state index in [9.17, 15) is 10.2 Å². The molecule has 0 radical (unpaired) electrons. The molecular formula is C40H66O3. The van der Waals surface area contributed by atoms with Gasteiger partial charge >= 0.3 is 0 Å². The van der Waals surface area contributed by atoms with E-state index in [0.29, 0.717) is 0 Å². The van der Waals surface area contributed by atoms with Crippen LogP contribution in [0.15, 0.2) is 69.9 Å². The molecule has 0 bridgehead atoms. The third-order valence-corrected chi connectivity index (χ3v) is 9.22. The van der Waals surface area contributed by atoms with Crippen LogP contribution in [-0.4, -0.2) is 33.6 Å². The second-order valence-electron chi connectivity index (χ2n) is 14.3. The van der Waals surface area contributed by atoms with Gasteiger partial charge in [0, 0.05) is 0 Å². The molecule has 244 valence electrons. The van der Waals surface area contributed by atoms with E-state index >= 15 is 0 Å². The summed E-state index contributed by atoms with van der Waals surface area (Å²) in [6.07, 6.45) is 28.8. The lowest BCUT2D eigenvalue weighted by Crippen LogP contribution is -2.41. The molecule has 2 atom stereocenters. The molecule has 0 heterocycles. The van der Waals surface area contributed by atoms with Crippen molar-refractivity contribution in [3.63, 3.8) is 0 Å². The van der Waals surface area contributed by atoms with Crippen molar-refractivity contribution in [1.82, 2.24) is 0 Å². The SMILES string of the molecule is CC(C)=CCCC(C)=CCCC(C)=CCCC(O)C1(OC2(C(O)CCC=C(C)CCC=C(C)CCC=C(C)C)CC2)CC1. The van der Waals surface area contributed by atoms with Crippen LogP contribution in [-0.2, 0) is 4.74 Å². The third kappa shape index (κ3) is 15.2. The first kappa shape index (κ1) is 37.5. The van der Waals surface area contributed by atoms with E-state index in [1.807, 2.05) is 0 Å². The fraction of sp³-hybridized carbons (Fsp3) is 0.700. The summed E-state index contributed by atoms with van der Waals surface area (Å²) in [5.41, 5.74) is 7.65. The Morgan fingerprint density at radius 3 is 1.05 bits per heavy atom. The highest BCUT2D eigenvalue weighted by molar-refractivity contribution is 5.12. The Kier molecular flexibility index (Phi) is 16.5. The van der Waals surface area contributed by atoms with Gasteiger partial charge in [-0.05, 0) is 158 Å². The van der Waals surface area contributed by atoms with Gasteiger partial charge in [-0.1, -0.05) is 69.9 Å². The van der Waals surface area contributed by atoms with Gasteiger partial charge in [0.15, 0.2) is 0 Å². The zero-order valence-corrected chi connectivity index (χ0v) is 29.2. The second kappa shape index (κ2) is 19.0. The van der Waals surface area contributed by atoms with Gasteiger partial charge < -0.3 is 14.9 Å². The molecule has 2 N–H and O–H groups in total. The maximum Gasteiger partial charge on any atom is 0.0951 e. The molecule has 0 spiro atoms. The van der Waals surface area contributed by atoms with Gasteiger partial charge in [0.05, 0.1) is 23.4 Å². The van der Waals surface area contributed by atoms with Crippen LogP contribution >= 0.6 is 0 Å². The number of aliphatic hydroxyl groups excluding tert-OH is 2. The summed E-state index contributed by atoms with van der Waals surface area (Å²) >= 11 is 0. The molecule has 3 nitrogen and oxygen atoms in total. The lowest BCUT2D eigenvalue weighted by Gasteiger charge is -2.31. The molecule has 2 aliphatic rings. The molecule has 0 saturated heterocycles. The van der Waals surface area contributed by atoms with Crippen LogP contribution in [0, 0.1) is 0 Å². The lowest BCUT2D eigenvalue weighted by molar-refractivity contribution is -0.148. The number of rotatable bonds is 22. The Balaban J connectivity index is 1.70. The van der Waals surface area contributed by atoms with Crippen molar-refractivity contribution >= 4 is 0 Å². The van der Waals surface area contributed by atoms with Crippen LogP contribution in [0.1, 0.15) is 158 Å². The van der Waals surface area contributed by atoms with E-state index in [0.717, 1.165) is 103 Å². The van der Waals surface area contributed by atoms with Gasteiger partial charge in [-0.15, -0.1) is 0 Å². The Bertz CT molecular complexity index is 936. The first-order chi connectivity index (χ1) is 20.4. The Morgan fingerprint density at radius 1 is 0.488 bits per heavy atom. The molecule has 2 aliphatic carbocycles.